The SMILES string of the molecule is Nc1nc2c(nnn2[C@@H]2O[C@@H]3CO[P@@](=O)(S)O[C@H]4[C@H](F)[C@H](n5cnc6c5N=CCC6=O)O[C@@H]4CO[P@@](=O)(S)O[C@@H]2[C@@H]3O)c(=O)[nH]1. The number of anilines is 1. The van der Waals surface area contributed by atoms with E-state index in [1.54, 1.807) is 0 Å². The lowest BCUT2D eigenvalue weighted by atomic mass is 10.1. The van der Waals surface area contributed by atoms with Gasteiger partial charge in [-0.2, -0.15) is 9.67 Å². The van der Waals surface area contributed by atoms with Crippen LogP contribution in [0.15, 0.2) is 16.1 Å². The number of thiol groups is 2. The molecule has 4 aliphatic rings. The van der Waals surface area contributed by atoms with Gasteiger partial charge in [0.25, 0.3) is 5.56 Å². The first-order chi connectivity index (χ1) is 21.3. The van der Waals surface area contributed by atoms with Gasteiger partial charge in [0, 0.05) is 12.6 Å². The standard InChI is InChI=1S/C20H22FN9O11P2S2/c21-9-13-8(39-18(9)29-5-24-10-6(31)1-2-23-15(10)29)4-37-43(35,45)41-14-12(32)7(3-36-42(34,44)40-13)38-19(14)30-16-11(27-28-30)17(33)26-20(22)25-16/h2,5,7-9,12-14,18-19,32H,1,3-4H2,(H,34,44)(H,35,45)(H3,22,25,26,33)/t7-,8-,9+,12-,13-,14-,18-,19-,42-,43-/m1/s1. The molecule has 242 valence electrons. The van der Waals surface area contributed by atoms with Gasteiger partial charge in [-0.15, -0.1) is 5.10 Å². The number of carbonyl (C=O) groups is 1. The topological polar surface area (TPSA) is 259 Å². The second kappa shape index (κ2) is 11.3. The van der Waals surface area contributed by atoms with Crippen LogP contribution in [0.3, 0.4) is 0 Å². The van der Waals surface area contributed by atoms with Crippen LogP contribution >= 0.6 is 38.1 Å². The number of ketones is 1. The number of aliphatic hydroxyl groups excluding tert-OH is 1. The van der Waals surface area contributed by atoms with Crippen molar-refractivity contribution in [1.29, 1.82) is 0 Å². The molecule has 0 aromatic carbocycles. The maximum absolute atomic E-state index is 16.0. The summed E-state index contributed by atoms with van der Waals surface area (Å²) in [6.45, 7) is -10.3. The van der Waals surface area contributed by atoms with Crippen LogP contribution in [0.4, 0.5) is 16.2 Å². The number of imidazole rings is 1. The van der Waals surface area contributed by atoms with Crippen LogP contribution in [0.2, 0.25) is 0 Å². The van der Waals surface area contributed by atoms with Gasteiger partial charge in [-0.05, 0) is 0 Å². The molecule has 4 N–H and O–H groups in total. The van der Waals surface area contributed by atoms with E-state index in [9.17, 15) is 23.8 Å². The number of aromatic nitrogens is 7. The lowest BCUT2D eigenvalue weighted by Gasteiger charge is -2.25. The number of aliphatic imine (C=N–C) groups is 1. The van der Waals surface area contributed by atoms with E-state index in [1.165, 1.54) is 6.21 Å². The molecule has 0 spiro atoms. The molecule has 7 rings (SSSR count). The van der Waals surface area contributed by atoms with Gasteiger partial charge in [0.1, 0.15) is 30.5 Å². The third-order valence-corrected chi connectivity index (χ3v) is 10.5. The van der Waals surface area contributed by atoms with Crippen molar-refractivity contribution in [1.82, 2.24) is 34.5 Å². The van der Waals surface area contributed by atoms with Crippen molar-refractivity contribution in [2.45, 2.75) is 55.6 Å². The maximum atomic E-state index is 16.0. The van der Waals surface area contributed by atoms with Crippen molar-refractivity contribution in [2.75, 3.05) is 18.9 Å². The zero-order valence-electron chi connectivity index (χ0n) is 22.3. The fraction of sp³-hybridized carbons (Fsp3) is 0.550. The molecule has 0 amide bonds. The molecule has 0 saturated carbocycles. The molecule has 3 saturated heterocycles. The number of ether oxygens (including phenoxy) is 2. The van der Waals surface area contributed by atoms with Crippen molar-refractivity contribution in [3.8, 4) is 0 Å². The van der Waals surface area contributed by atoms with Crippen LogP contribution < -0.4 is 11.3 Å². The molecule has 20 nitrogen and oxygen atoms in total. The van der Waals surface area contributed by atoms with Crippen LogP contribution in [0.25, 0.3) is 11.2 Å². The third-order valence-electron chi connectivity index (χ3n) is 7.28. The number of hydrogen-bond acceptors (Lipinski definition) is 17. The number of H-pyrrole nitrogens is 1. The lowest BCUT2D eigenvalue weighted by molar-refractivity contribution is -0.0612. The fourth-order valence-electron chi connectivity index (χ4n) is 5.25. The van der Waals surface area contributed by atoms with Crippen molar-refractivity contribution in [2.24, 2.45) is 4.99 Å². The number of nitrogens with two attached hydrogens (primary N) is 1. The smallest absolute Gasteiger partial charge is 0.386 e. The average molecular weight is 710 g/mol. The van der Waals surface area contributed by atoms with Crippen molar-refractivity contribution < 1.29 is 51.0 Å². The molecule has 2 bridgehead atoms. The molecular formula is C20H22FN9O11P2S2. The highest BCUT2D eigenvalue weighted by Gasteiger charge is 2.54. The Morgan fingerprint density at radius 1 is 1.07 bits per heavy atom. The molecule has 0 unspecified atom stereocenters. The quantitative estimate of drug-likeness (QED) is 0.181. The summed E-state index contributed by atoms with van der Waals surface area (Å²) in [5, 5.41) is 18.7. The predicted molar refractivity (Wildman–Crippen MR) is 153 cm³/mol. The van der Waals surface area contributed by atoms with Gasteiger partial charge in [-0.3, -0.25) is 37.2 Å². The van der Waals surface area contributed by atoms with E-state index in [0.717, 1.165) is 15.6 Å². The molecule has 7 heterocycles. The summed E-state index contributed by atoms with van der Waals surface area (Å²) in [4.78, 5) is 38.9. The average Bonchev–Trinajstić information content (AvgIpc) is 3.72. The number of aliphatic hydroxyl groups is 1. The number of Topliss-reactive ketones (excluding diaryl/α,β-unsaturated/α-hetero) is 1. The van der Waals surface area contributed by atoms with Gasteiger partial charge < -0.3 is 20.3 Å². The second-order valence-corrected chi connectivity index (χ2v) is 15.9. The Morgan fingerprint density at radius 2 is 1.76 bits per heavy atom. The van der Waals surface area contributed by atoms with Crippen LogP contribution in [-0.4, -0.2) is 102 Å². The zero-order valence-corrected chi connectivity index (χ0v) is 25.9. The molecule has 4 aliphatic heterocycles. The van der Waals surface area contributed by atoms with Crippen molar-refractivity contribution in [3.05, 3.63) is 22.4 Å². The van der Waals surface area contributed by atoms with E-state index in [0.29, 0.717) is 0 Å². The number of nitrogen functional groups attached to an aromatic ring is 1. The number of carbonyl (C=O) groups excluding carboxylic acids is 1. The molecule has 25 heteroatoms. The zero-order chi connectivity index (χ0) is 31.8. The van der Waals surface area contributed by atoms with Gasteiger partial charge in [0.15, 0.2) is 47.1 Å². The largest absolute Gasteiger partial charge is 0.387 e. The minimum Gasteiger partial charge on any atom is -0.387 e. The lowest BCUT2D eigenvalue weighted by Crippen LogP contribution is -2.35. The van der Waals surface area contributed by atoms with E-state index in [2.05, 4.69) is 54.8 Å². The van der Waals surface area contributed by atoms with Crippen LogP contribution in [0.5, 0.6) is 0 Å². The van der Waals surface area contributed by atoms with Crippen molar-refractivity contribution in [3.63, 3.8) is 0 Å². The molecule has 3 aromatic heterocycles. The second-order valence-electron chi connectivity index (χ2n) is 10.2. The number of fused-ring (bicyclic) bond motifs is 5. The third kappa shape index (κ3) is 5.58. The number of hydrogen-bond donors (Lipinski definition) is 5. The van der Waals surface area contributed by atoms with Gasteiger partial charge in [0.05, 0.1) is 19.5 Å². The number of nitrogens with zero attached hydrogens (tertiary/aromatic N) is 7. The molecule has 45 heavy (non-hydrogen) atoms. The predicted octanol–water partition coefficient (Wildman–Crippen LogP) is 0.669. The summed E-state index contributed by atoms with van der Waals surface area (Å²) < 4.78 is 78.4. The Balaban J connectivity index is 1.20. The Hall–Kier alpha value is -2.56. The van der Waals surface area contributed by atoms with Crippen LogP contribution in [0, 0.1) is 0 Å². The normalized spacial score (nSPS) is 38.8. The van der Waals surface area contributed by atoms with E-state index >= 15 is 4.39 Å². The number of rotatable bonds is 2. The fourth-order valence-corrected chi connectivity index (χ4v) is 8.20. The minimum atomic E-state index is -4.46. The summed E-state index contributed by atoms with van der Waals surface area (Å²) in [5.74, 6) is -0.580. The van der Waals surface area contributed by atoms with E-state index in [4.69, 9.17) is 33.3 Å². The Kier molecular flexibility index (Phi) is 7.80. The number of halogens is 1. The molecule has 0 radical (unpaired) electrons. The number of nitrogens with one attached hydrogen (secondary N) is 1. The molecular weight excluding hydrogens is 687 g/mol. The summed E-state index contributed by atoms with van der Waals surface area (Å²) >= 11 is 7.98. The summed E-state index contributed by atoms with van der Waals surface area (Å²) in [7, 11) is 0. The highest BCUT2D eigenvalue weighted by molar-refractivity contribution is 8.44. The van der Waals surface area contributed by atoms with Crippen LogP contribution in [0.1, 0.15) is 29.4 Å². The Morgan fingerprint density at radius 3 is 2.51 bits per heavy atom. The number of alkyl halides is 1. The first kappa shape index (κ1) is 31.1. The van der Waals surface area contributed by atoms with E-state index < -0.39 is 81.5 Å². The maximum Gasteiger partial charge on any atom is 0.386 e. The first-order valence-electron chi connectivity index (χ1n) is 13.0. The van der Waals surface area contributed by atoms with Gasteiger partial charge in [0.2, 0.25) is 5.95 Å². The highest BCUT2D eigenvalue weighted by Crippen LogP contribution is 2.60. The first-order valence-corrected chi connectivity index (χ1v) is 18.4. The van der Waals surface area contributed by atoms with E-state index in [-0.39, 0.29) is 40.8 Å². The Labute approximate surface area is 260 Å². The van der Waals surface area contributed by atoms with Crippen LogP contribution in [-0.2, 0) is 36.7 Å². The summed E-state index contributed by atoms with van der Waals surface area (Å²) in [6.07, 6.45) is -10.2. The summed E-state index contributed by atoms with van der Waals surface area (Å²) in [6, 6.07) is 0. The molecule has 10 atom stereocenters. The Bertz CT molecular complexity index is 1870. The van der Waals surface area contributed by atoms with Crippen molar-refractivity contribution >= 4 is 73.0 Å². The summed E-state index contributed by atoms with van der Waals surface area (Å²) in [5.41, 5.74) is 4.55. The van der Waals surface area contributed by atoms with E-state index in [1.807, 2.05) is 0 Å². The number of aromatic amines is 1. The molecule has 0 aliphatic carbocycles. The molecule has 3 aromatic rings. The highest BCUT2D eigenvalue weighted by atomic mass is 32.7. The van der Waals surface area contributed by atoms with Gasteiger partial charge in [-0.25, -0.2) is 23.5 Å². The van der Waals surface area contributed by atoms with Gasteiger partial charge in [-0.1, -0.05) is 29.7 Å². The monoisotopic (exact) mass is 709 g/mol. The minimum absolute atomic E-state index is 0.00955. The molecule has 3 fully saturated rings. The van der Waals surface area contributed by atoms with Gasteiger partial charge >= 0.3 is 13.6 Å².